The van der Waals surface area contributed by atoms with E-state index in [4.69, 9.17) is 16.3 Å². The average molecular weight is 616 g/mol. The van der Waals surface area contributed by atoms with Gasteiger partial charge < -0.3 is 25.4 Å². The maximum Gasteiger partial charge on any atom is 0.408 e. The number of halogens is 1. The first-order valence-corrected chi connectivity index (χ1v) is 15.8. The van der Waals surface area contributed by atoms with Crippen LogP contribution in [0.2, 0.25) is 5.02 Å². The SMILES string of the molecule is CCCCCCCCN(C(=O)C(NC(=O)OC(C)(C)C)C(C)CC)C(C(=O)Nc1c(C)cccc1Cl)c1ccc(O)cc1. The van der Waals surface area contributed by atoms with Gasteiger partial charge in [0.25, 0.3) is 5.91 Å². The van der Waals surface area contributed by atoms with E-state index in [2.05, 4.69) is 17.6 Å². The number of nitrogens with zero attached hydrogens (tertiary/aromatic N) is 1. The van der Waals surface area contributed by atoms with Crippen LogP contribution in [0.1, 0.15) is 104 Å². The van der Waals surface area contributed by atoms with E-state index < -0.39 is 29.7 Å². The van der Waals surface area contributed by atoms with Gasteiger partial charge in [-0.25, -0.2) is 4.79 Å². The molecule has 0 fully saturated rings. The molecule has 8 nitrogen and oxygen atoms in total. The summed E-state index contributed by atoms with van der Waals surface area (Å²) < 4.78 is 5.50. The maximum atomic E-state index is 14.5. The number of para-hydroxylation sites is 1. The Kier molecular flexibility index (Phi) is 14.3. The fourth-order valence-corrected chi connectivity index (χ4v) is 5.11. The summed E-state index contributed by atoms with van der Waals surface area (Å²) >= 11 is 6.46. The lowest BCUT2D eigenvalue weighted by molar-refractivity contribution is -0.142. The normalized spacial score (nSPS) is 13.5. The van der Waals surface area contributed by atoms with Gasteiger partial charge in [0.2, 0.25) is 5.91 Å². The highest BCUT2D eigenvalue weighted by Crippen LogP contribution is 2.31. The van der Waals surface area contributed by atoms with Gasteiger partial charge in [-0.15, -0.1) is 0 Å². The van der Waals surface area contributed by atoms with Crippen LogP contribution in [0.4, 0.5) is 10.5 Å². The zero-order valence-electron chi connectivity index (χ0n) is 26.8. The fourth-order valence-electron chi connectivity index (χ4n) is 4.84. The van der Waals surface area contributed by atoms with E-state index in [0.29, 0.717) is 35.7 Å². The number of hydrogen-bond donors (Lipinski definition) is 3. The number of anilines is 1. The summed E-state index contributed by atoms with van der Waals surface area (Å²) in [5.41, 5.74) is 1.03. The van der Waals surface area contributed by atoms with E-state index in [0.717, 1.165) is 37.7 Å². The van der Waals surface area contributed by atoms with Crippen molar-refractivity contribution >= 4 is 35.2 Å². The van der Waals surface area contributed by atoms with Gasteiger partial charge in [-0.3, -0.25) is 9.59 Å². The second kappa shape index (κ2) is 17.1. The monoisotopic (exact) mass is 615 g/mol. The lowest BCUT2D eigenvalue weighted by Gasteiger charge is -2.36. The second-order valence-electron chi connectivity index (χ2n) is 12.2. The minimum Gasteiger partial charge on any atom is -0.508 e. The number of nitrogens with one attached hydrogen (secondary N) is 2. The van der Waals surface area contributed by atoms with Crippen molar-refractivity contribution in [2.45, 2.75) is 111 Å². The van der Waals surface area contributed by atoms with Crippen LogP contribution in [0, 0.1) is 12.8 Å². The number of rotatable bonds is 15. The highest BCUT2D eigenvalue weighted by molar-refractivity contribution is 6.34. The Balaban J connectivity index is 2.56. The van der Waals surface area contributed by atoms with Crippen molar-refractivity contribution < 1.29 is 24.2 Å². The lowest BCUT2D eigenvalue weighted by atomic mass is 9.95. The molecule has 2 rings (SSSR count). The van der Waals surface area contributed by atoms with Crippen LogP contribution in [-0.4, -0.2) is 46.1 Å². The zero-order valence-corrected chi connectivity index (χ0v) is 27.6. The zero-order chi connectivity index (χ0) is 32.2. The van der Waals surface area contributed by atoms with Crippen molar-refractivity contribution in [3.63, 3.8) is 0 Å². The van der Waals surface area contributed by atoms with Crippen molar-refractivity contribution in [3.05, 3.63) is 58.6 Å². The number of benzene rings is 2. The Morgan fingerprint density at radius 3 is 2.19 bits per heavy atom. The van der Waals surface area contributed by atoms with Gasteiger partial charge in [-0.05, 0) is 69.4 Å². The molecule has 2 aromatic rings. The first-order chi connectivity index (χ1) is 20.3. The van der Waals surface area contributed by atoms with E-state index in [1.165, 1.54) is 12.1 Å². The number of amides is 3. The van der Waals surface area contributed by atoms with Crippen LogP contribution in [0.3, 0.4) is 0 Å². The van der Waals surface area contributed by atoms with Gasteiger partial charge in [0.1, 0.15) is 23.4 Å². The molecule has 3 atom stereocenters. The van der Waals surface area contributed by atoms with E-state index in [1.807, 2.05) is 26.8 Å². The summed E-state index contributed by atoms with van der Waals surface area (Å²) in [6.07, 6.45) is 5.90. The number of hydrogen-bond acceptors (Lipinski definition) is 5. The Morgan fingerprint density at radius 2 is 1.60 bits per heavy atom. The molecule has 0 aliphatic heterocycles. The number of ether oxygens (including phenoxy) is 1. The number of unbranched alkanes of at least 4 members (excludes halogenated alkanes) is 5. The molecule has 2 aromatic carbocycles. The first kappa shape index (κ1) is 35.9. The number of aryl methyl sites for hydroxylation is 1. The molecular weight excluding hydrogens is 566 g/mol. The summed E-state index contributed by atoms with van der Waals surface area (Å²) in [5, 5.41) is 16.1. The molecule has 0 aliphatic rings. The summed E-state index contributed by atoms with van der Waals surface area (Å²) in [6, 6.07) is 9.64. The molecule has 3 amide bonds. The first-order valence-electron chi connectivity index (χ1n) is 15.4. The van der Waals surface area contributed by atoms with Gasteiger partial charge in [-0.2, -0.15) is 0 Å². The Hall–Kier alpha value is -3.26. The smallest absolute Gasteiger partial charge is 0.408 e. The van der Waals surface area contributed by atoms with Crippen molar-refractivity contribution in [2.75, 3.05) is 11.9 Å². The summed E-state index contributed by atoms with van der Waals surface area (Å²) in [7, 11) is 0. The number of carbonyl (C=O) groups is 3. The quantitative estimate of drug-likeness (QED) is 0.175. The molecule has 0 radical (unpaired) electrons. The van der Waals surface area contributed by atoms with Crippen LogP contribution in [0.15, 0.2) is 42.5 Å². The van der Waals surface area contributed by atoms with E-state index in [1.54, 1.807) is 49.9 Å². The molecule has 0 heterocycles. The van der Waals surface area contributed by atoms with Gasteiger partial charge in [0, 0.05) is 6.54 Å². The van der Waals surface area contributed by atoms with Crippen LogP contribution in [0.5, 0.6) is 5.75 Å². The minimum atomic E-state index is -1.05. The largest absolute Gasteiger partial charge is 0.508 e. The van der Waals surface area contributed by atoms with E-state index >= 15 is 0 Å². The second-order valence-corrected chi connectivity index (χ2v) is 12.6. The molecule has 0 saturated heterocycles. The molecule has 9 heteroatoms. The third kappa shape index (κ3) is 11.4. The molecule has 3 unspecified atom stereocenters. The van der Waals surface area contributed by atoms with Gasteiger partial charge in [-0.1, -0.05) is 95.2 Å². The standard InChI is InChI=1S/C34H50ClN3O5/c1-8-10-11-12-13-14-22-38(32(41)29(23(3)9-2)37-33(42)43-34(5,6)7)30(25-18-20-26(39)21-19-25)31(40)36-28-24(4)16-15-17-27(28)35/h15-21,23,29-30,39H,8-14,22H2,1-7H3,(H,36,40)(H,37,42). The Labute approximate surface area is 262 Å². The molecule has 238 valence electrons. The molecule has 0 bridgehead atoms. The summed E-state index contributed by atoms with van der Waals surface area (Å²) in [6.45, 7) is 13.4. The topological polar surface area (TPSA) is 108 Å². The Morgan fingerprint density at radius 1 is 0.977 bits per heavy atom. The van der Waals surface area contributed by atoms with E-state index in [9.17, 15) is 19.5 Å². The van der Waals surface area contributed by atoms with Crippen LogP contribution >= 0.6 is 11.6 Å². The third-order valence-corrected chi connectivity index (χ3v) is 7.74. The van der Waals surface area contributed by atoms with Crippen molar-refractivity contribution in [3.8, 4) is 5.75 Å². The molecular formula is C34H50ClN3O5. The fraction of sp³-hybridized carbons (Fsp3) is 0.559. The van der Waals surface area contributed by atoms with Crippen molar-refractivity contribution in [2.24, 2.45) is 5.92 Å². The number of aromatic hydroxyl groups is 1. The number of alkyl carbamates (subject to hydrolysis) is 1. The highest BCUT2D eigenvalue weighted by Gasteiger charge is 2.38. The number of carbonyl (C=O) groups excluding carboxylic acids is 3. The van der Waals surface area contributed by atoms with Crippen molar-refractivity contribution in [1.82, 2.24) is 10.2 Å². The minimum absolute atomic E-state index is 0.0442. The summed E-state index contributed by atoms with van der Waals surface area (Å²) in [4.78, 5) is 43.1. The van der Waals surface area contributed by atoms with Gasteiger partial charge >= 0.3 is 6.09 Å². The van der Waals surface area contributed by atoms with E-state index in [-0.39, 0.29) is 17.6 Å². The average Bonchev–Trinajstić information content (AvgIpc) is 2.94. The number of phenols is 1. The Bertz CT molecular complexity index is 1180. The number of phenolic OH excluding ortho intramolecular Hbond substituents is 1. The third-order valence-electron chi connectivity index (χ3n) is 7.43. The van der Waals surface area contributed by atoms with Gasteiger partial charge in [0.05, 0.1) is 10.7 Å². The van der Waals surface area contributed by atoms with Gasteiger partial charge in [0.15, 0.2) is 0 Å². The van der Waals surface area contributed by atoms with Crippen LogP contribution < -0.4 is 10.6 Å². The predicted octanol–water partition coefficient (Wildman–Crippen LogP) is 8.16. The lowest BCUT2D eigenvalue weighted by Crippen LogP contribution is -2.55. The van der Waals surface area contributed by atoms with Crippen LogP contribution in [0.25, 0.3) is 0 Å². The highest BCUT2D eigenvalue weighted by atomic mass is 35.5. The maximum absolute atomic E-state index is 14.5. The summed E-state index contributed by atoms with van der Waals surface area (Å²) in [5.74, 6) is -1.01. The molecule has 0 saturated carbocycles. The molecule has 0 spiro atoms. The molecule has 0 aliphatic carbocycles. The predicted molar refractivity (Wildman–Crippen MR) is 173 cm³/mol. The molecule has 3 N–H and O–H groups in total. The molecule has 43 heavy (non-hydrogen) atoms. The van der Waals surface area contributed by atoms with Crippen LogP contribution in [-0.2, 0) is 14.3 Å². The molecule has 0 aromatic heterocycles. The van der Waals surface area contributed by atoms with Crippen molar-refractivity contribution in [1.29, 1.82) is 0 Å².